The molecule has 1 unspecified atom stereocenters. The molecule has 0 bridgehead atoms. The van der Waals surface area contributed by atoms with Crippen molar-refractivity contribution in [3.05, 3.63) is 161 Å². The van der Waals surface area contributed by atoms with Gasteiger partial charge in [0.2, 0.25) is 5.91 Å². The number of hydrogen-bond acceptors (Lipinski definition) is 7. The molecule has 3 amide bonds. The fourth-order valence-corrected chi connectivity index (χ4v) is 7.14. The number of nitrogens with one attached hydrogen (secondary N) is 3. The molecule has 0 saturated heterocycles. The zero-order valence-electron chi connectivity index (χ0n) is 24.8. The number of carbonyl (C=O) groups excluding carboxylic acids is 3. The summed E-state index contributed by atoms with van der Waals surface area (Å²) in [6, 6.07) is 38.8. The molecule has 3 N–H and O–H groups in total. The minimum atomic E-state index is -0.588. The van der Waals surface area contributed by atoms with Crippen molar-refractivity contribution >= 4 is 69.1 Å². The fourth-order valence-electron chi connectivity index (χ4n) is 4.58. The highest BCUT2D eigenvalue weighted by molar-refractivity contribution is 8.00. The first-order valence-electron chi connectivity index (χ1n) is 14.6. The molecule has 10 heteroatoms. The SMILES string of the molecule is O=C(Nc1cccc(SC(C(=O)Nc2nc(-c3cccs3)cs2)c2ccccc2)c1)/C(=C/c1ccccc1)NC(=O)c1ccccc1. The van der Waals surface area contributed by atoms with Crippen molar-refractivity contribution in [1.82, 2.24) is 10.3 Å². The van der Waals surface area contributed by atoms with Gasteiger partial charge in [0.1, 0.15) is 10.9 Å². The van der Waals surface area contributed by atoms with Gasteiger partial charge in [-0.15, -0.1) is 34.4 Å². The largest absolute Gasteiger partial charge is 0.321 e. The van der Waals surface area contributed by atoms with E-state index in [1.54, 1.807) is 47.7 Å². The zero-order chi connectivity index (χ0) is 32.4. The van der Waals surface area contributed by atoms with Crippen LogP contribution in [0, 0.1) is 0 Å². The number of thiophene rings is 1. The van der Waals surface area contributed by atoms with Crippen LogP contribution in [0.4, 0.5) is 10.8 Å². The van der Waals surface area contributed by atoms with E-state index in [2.05, 4.69) is 20.9 Å². The van der Waals surface area contributed by atoms with E-state index in [1.165, 1.54) is 23.1 Å². The molecule has 47 heavy (non-hydrogen) atoms. The summed E-state index contributed by atoms with van der Waals surface area (Å²) >= 11 is 4.34. The maximum Gasteiger partial charge on any atom is 0.272 e. The van der Waals surface area contributed by atoms with Crippen LogP contribution in [-0.2, 0) is 9.59 Å². The molecule has 0 aliphatic rings. The molecule has 0 aliphatic carbocycles. The fraction of sp³-hybridized carbons (Fsp3) is 0.0270. The number of rotatable bonds is 11. The monoisotopic (exact) mass is 672 g/mol. The topological polar surface area (TPSA) is 100 Å². The van der Waals surface area contributed by atoms with Crippen LogP contribution in [0.2, 0.25) is 0 Å². The Bertz CT molecular complexity index is 1990. The van der Waals surface area contributed by atoms with Gasteiger partial charge in [-0.3, -0.25) is 14.4 Å². The summed E-state index contributed by atoms with van der Waals surface area (Å²) in [4.78, 5) is 46.7. The van der Waals surface area contributed by atoms with E-state index < -0.39 is 17.1 Å². The molecule has 0 saturated carbocycles. The lowest BCUT2D eigenvalue weighted by Crippen LogP contribution is -2.30. The normalized spacial score (nSPS) is 11.8. The first-order chi connectivity index (χ1) is 23.0. The summed E-state index contributed by atoms with van der Waals surface area (Å²) in [6.07, 6.45) is 1.63. The quantitative estimate of drug-likeness (QED) is 0.0944. The molecule has 2 heterocycles. The van der Waals surface area contributed by atoms with Gasteiger partial charge in [0.25, 0.3) is 11.8 Å². The van der Waals surface area contributed by atoms with Gasteiger partial charge in [-0.05, 0) is 59.0 Å². The second-order valence-electron chi connectivity index (χ2n) is 10.2. The van der Waals surface area contributed by atoms with Gasteiger partial charge >= 0.3 is 0 Å². The molecule has 6 aromatic rings. The van der Waals surface area contributed by atoms with Gasteiger partial charge in [0.15, 0.2) is 5.13 Å². The van der Waals surface area contributed by atoms with Crippen LogP contribution < -0.4 is 16.0 Å². The molecule has 2 aromatic heterocycles. The van der Waals surface area contributed by atoms with Gasteiger partial charge in [-0.25, -0.2) is 4.98 Å². The number of thioether (sulfide) groups is 1. The van der Waals surface area contributed by atoms with Gasteiger partial charge < -0.3 is 16.0 Å². The number of carbonyl (C=O) groups is 3. The smallest absolute Gasteiger partial charge is 0.272 e. The third-order valence-electron chi connectivity index (χ3n) is 6.83. The molecular formula is C37H28N4O3S3. The summed E-state index contributed by atoms with van der Waals surface area (Å²) in [5, 5.41) is 12.5. The predicted molar refractivity (Wildman–Crippen MR) is 192 cm³/mol. The Labute approximate surface area is 284 Å². The highest BCUT2D eigenvalue weighted by Gasteiger charge is 2.24. The van der Waals surface area contributed by atoms with Gasteiger partial charge in [-0.1, -0.05) is 91.0 Å². The van der Waals surface area contributed by atoms with Crippen LogP contribution in [0.1, 0.15) is 26.7 Å². The van der Waals surface area contributed by atoms with Crippen molar-refractivity contribution in [2.75, 3.05) is 10.6 Å². The lowest BCUT2D eigenvalue weighted by Gasteiger charge is -2.17. The Morgan fingerprint density at radius 3 is 2.19 bits per heavy atom. The summed E-state index contributed by atoms with van der Waals surface area (Å²) < 4.78 is 0. The van der Waals surface area contributed by atoms with Crippen LogP contribution >= 0.6 is 34.4 Å². The minimum Gasteiger partial charge on any atom is -0.321 e. The maximum atomic E-state index is 13.7. The van der Waals surface area contributed by atoms with Crippen LogP contribution in [0.15, 0.2) is 149 Å². The van der Waals surface area contributed by atoms with Crippen molar-refractivity contribution in [3.63, 3.8) is 0 Å². The van der Waals surface area contributed by atoms with E-state index in [1.807, 2.05) is 108 Å². The first kappa shape index (κ1) is 31.7. The highest BCUT2D eigenvalue weighted by atomic mass is 32.2. The average molecular weight is 673 g/mol. The Kier molecular flexibility index (Phi) is 10.3. The van der Waals surface area contributed by atoms with E-state index in [9.17, 15) is 14.4 Å². The van der Waals surface area contributed by atoms with E-state index in [0.29, 0.717) is 16.4 Å². The van der Waals surface area contributed by atoms with Crippen molar-refractivity contribution in [3.8, 4) is 10.6 Å². The van der Waals surface area contributed by atoms with Crippen LogP contribution in [0.25, 0.3) is 16.6 Å². The van der Waals surface area contributed by atoms with E-state index in [4.69, 9.17) is 0 Å². The molecule has 7 nitrogen and oxygen atoms in total. The third-order valence-corrected chi connectivity index (χ3v) is 9.73. The molecule has 4 aromatic carbocycles. The second kappa shape index (κ2) is 15.3. The second-order valence-corrected chi connectivity index (χ2v) is 13.2. The Hall–Kier alpha value is -5.29. The first-order valence-corrected chi connectivity index (χ1v) is 17.2. The molecular weight excluding hydrogens is 645 g/mol. The number of aromatic nitrogens is 1. The number of hydrogen-bond donors (Lipinski definition) is 3. The number of anilines is 2. The number of amides is 3. The summed E-state index contributed by atoms with van der Waals surface area (Å²) in [6.45, 7) is 0. The number of benzene rings is 4. The molecule has 0 spiro atoms. The van der Waals surface area contributed by atoms with Crippen LogP contribution in [0.5, 0.6) is 0 Å². The summed E-state index contributed by atoms with van der Waals surface area (Å²) in [7, 11) is 0. The predicted octanol–water partition coefficient (Wildman–Crippen LogP) is 8.75. The lowest BCUT2D eigenvalue weighted by atomic mass is 10.1. The summed E-state index contributed by atoms with van der Waals surface area (Å²) in [5.74, 6) is -1.09. The average Bonchev–Trinajstić information content (AvgIpc) is 3.81. The van der Waals surface area contributed by atoms with E-state index >= 15 is 0 Å². The summed E-state index contributed by atoms with van der Waals surface area (Å²) in [5.41, 5.74) is 3.46. The van der Waals surface area contributed by atoms with Crippen molar-refractivity contribution in [2.24, 2.45) is 0 Å². The van der Waals surface area contributed by atoms with Gasteiger partial charge in [-0.2, -0.15) is 0 Å². The van der Waals surface area contributed by atoms with Crippen molar-refractivity contribution in [1.29, 1.82) is 0 Å². The van der Waals surface area contributed by atoms with Gasteiger partial charge in [0.05, 0.1) is 10.6 Å². The molecule has 6 rings (SSSR count). The van der Waals surface area contributed by atoms with Crippen molar-refractivity contribution in [2.45, 2.75) is 10.1 Å². The van der Waals surface area contributed by atoms with Crippen LogP contribution in [0.3, 0.4) is 0 Å². The standard InChI is InChI=1S/C37H28N4O3S3/c42-34(27-16-8-3-9-17-27)39-30(22-25-12-4-1-5-13-25)35(43)38-28-18-10-19-29(23-28)47-33(26-14-6-2-7-15-26)36(44)41-37-40-31(24-46-37)32-20-11-21-45-32/h1-24,33H,(H,38,43)(H,39,42)(H,40,41,44)/b30-22-. The highest BCUT2D eigenvalue weighted by Crippen LogP contribution is 2.38. The molecule has 0 aliphatic heterocycles. The van der Waals surface area contributed by atoms with E-state index in [-0.39, 0.29) is 11.6 Å². The number of thiazole rings is 1. The van der Waals surface area contributed by atoms with Crippen LogP contribution in [-0.4, -0.2) is 22.7 Å². The lowest BCUT2D eigenvalue weighted by molar-refractivity contribution is -0.116. The molecule has 232 valence electrons. The minimum absolute atomic E-state index is 0.0926. The van der Waals surface area contributed by atoms with Crippen molar-refractivity contribution < 1.29 is 14.4 Å². The molecule has 0 radical (unpaired) electrons. The Morgan fingerprint density at radius 2 is 1.47 bits per heavy atom. The third kappa shape index (κ3) is 8.50. The Morgan fingerprint density at radius 1 is 0.745 bits per heavy atom. The maximum absolute atomic E-state index is 13.7. The number of nitrogens with zero attached hydrogens (tertiary/aromatic N) is 1. The molecule has 1 atom stereocenters. The van der Waals surface area contributed by atoms with E-state index in [0.717, 1.165) is 26.6 Å². The molecule has 0 fully saturated rings. The zero-order valence-corrected chi connectivity index (χ0v) is 27.3. The Balaban J connectivity index is 1.20. The van der Waals surface area contributed by atoms with Gasteiger partial charge in [0, 0.05) is 21.5 Å².